The third-order valence-electron chi connectivity index (χ3n) is 5.33. The maximum atomic E-state index is 9.00. The molecule has 2 aromatic carbocycles. The zero-order valence-electron chi connectivity index (χ0n) is 23.1. The van der Waals surface area contributed by atoms with Crippen LogP contribution < -0.4 is 9.47 Å². The van der Waals surface area contributed by atoms with E-state index in [0.29, 0.717) is 19.4 Å². The van der Waals surface area contributed by atoms with Crippen LogP contribution >= 0.6 is 0 Å². The minimum atomic E-state index is -1.26. The van der Waals surface area contributed by atoms with Crippen LogP contribution in [-0.4, -0.2) is 43.0 Å². The quantitative estimate of drug-likeness (QED) is 0.225. The van der Waals surface area contributed by atoms with Gasteiger partial charge in [0, 0.05) is 19.9 Å². The highest BCUT2D eigenvalue weighted by molar-refractivity contribution is 5.36. The second-order valence-electron chi connectivity index (χ2n) is 8.81. The van der Waals surface area contributed by atoms with E-state index < -0.39 is 6.29 Å². The molecule has 0 aromatic heterocycles. The van der Waals surface area contributed by atoms with Gasteiger partial charge in [-0.05, 0) is 102 Å². The second kappa shape index (κ2) is 18.7. The molecule has 0 fully saturated rings. The molecule has 0 radical (unpaired) electrons. The highest BCUT2D eigenvalue weighted by atomic mass is 16.5. The van der Waals surface area contributed by atoms with Crippen molar-refractivity contribution in [3.63, 3.8) is 0 Å². The summed E-state index contributed by atoms with van der Waals surface area (Å²) >= 11 is 0. The molecule has 0 saturated heterocycles. The molecule has 0 amide bonds. The average molecular weight is 486 g/mol. The Morgan fingerprint density at radius 2 is 1.69 bits per heavy atom. The number of aliphatic imine (C=N–C) groups is 1. The molecule has 2 N–H and O–H groups in total. The summed E-state index contributed by atoms with van der Waals surface area (Å²) in [7, 11) is 1.64. The Balaban J connectivity index is 0.00000126. The molecule has 5 heteroatoms. The third-order valence-corrected chi connectivity index (χ3v) is 5.33. The standard InChI is InChI=1S/C23H32O4.C5H10.C2H5N/c1-5-19-6-10-22(17(3)14-19)27-18(4)12-13-26-21-9-7-20(16(2)15-21)8-11-23(24)25;1-4-5(2)3;1-3-2/h6-7,9-10,14-15,18,23-25H,5,8,11-13H2,1-4H3;4H,1-3H3;1H2,2H3. The number of allylic oxidation sites excluding steroid dienone is 2. The van der Waals surface area contributed by atoms with Gasteiger partial charge in [-0.25, -0.2) is 0 Å². The predicted octanol–water partition coefficient (Wildman–Crippen LogP) is 6.63. The summed E-state index contributed by atoms with van der Waals surface area (Å²) in [4.78, 5) is 3.25. The van der Waals surface area contributed by atoms with E-state index >= 15 is 0 Å². The fraction of sp³-hybridized carbons (Fsp3) is 0.500. The number of hydrogen-bond acceptors (Lipinski definition) is 5. The number of benzene rings is 2. The molecule has 0 saturated carbocycles. The molecule has 35 heavy (non-hydrogen) atoms. The summed E-state index contributed by atoms with van der Waals surface area (Å²) in [6.45, 7) is 18.2. The molecule has 0 aliphatic heterocycles. The Morgan fingerprint density at radius 1 is 1.06 bits per heavy atom. The van der Waals surface area contributed by atoms with Crippen LogP contribution in [0.15, 0.2) is 53.0 Å². The lowest BCUT2D eigenvalue weighted by atomic mass is 10.0. The maximum absolute atomic E-state index is 9.00. The van der Waals surface area contributed by atoms with Crippen molar-refractivity contribution in [2.24, 2.45) is 4.99 Å². The zero-order valence-corrected chi connectivity index (χ0v) is 23.1. The Labute approximate surface area is 213 Å². The van der Waals surface area contributed by atoms with Crippen LogP contribution in [0.2, 0.25) is 0 Å². The van der Waals surface area contributed by atoms with Gasteiger partial charge in [0.25, 0.3) is 0 Å². The molecule has 0 aliphatic rings. The summed E-state index contributed by atoms with van der Waals surface area (Å²) in [5.41, 5.74) is 6.08. The molecular formula is C30H47NO4. The van der Waals surface area contributed by atoms with Crippen LogP contribution in [0.25, 0.3) is 0 Å². The Bertz CT molecular complexity index is 886. The van der Waals surface area contributed by atoms with Crippen LogP contribution in [0.1, 0.15) is 69.7 Å². The molecule has 0 aliphatic carbocycles. The van der Waals surface area contributed by atoms with Crippen molar-refractivity contribution in [2.45, 2.75) is 86.5 Å². The molecule has 0 heterocycles. The fourth-order valence-corrected chi connectivity index (χ4v) is 3.01. The van der Waals surface area contributed by atoms with E-state index in [1.165, 1.54) is 16.7 Å². The molecular weight excluding hydrogens is 438 g/mol. The van der Waals surface area contributed by atoms with Gasteiger partial charge in [0.2, 0.25) is 0 Å². The van der Waals surface area contributed by atoms with Gasteiger partial charge in [-0.2, -0.15) is 0 Å². The first-order valence-corrected chi connectivity index (χ1v) is 12.4. The highest BCUT2D eigenvalue weighted by Gasteiger charge is 2.08. The number of aliphatic hydroxyl groups excluding tert-OH is 1. The van der Waals surface area contributed by atoms with Crippen LogP contribution in [0.3, 0.4) is 0 Å². The summed E-state index contributed by atoms with van der Waals surface area (Å²) in [6, 6.07) is 12.3. The first-order valence-electron chi connectivity index (χ1n) is 12.4. The van der Waals surface area contributed by atoms with E-state index in [2.05, 4.69) is 70.6 Å². The third kappa shape index (κ3) is 15.1. The van der Waals surface area contributed by atoms with Gasteiger partial charge >= 0.3 is 0 Å². The van der Waals surface area contributed by atoms with Crippen molar-refractivity contribution < 1.29 is 19.7 Å². The maximum Gasteiger partial charge on any atom is 0.151 e. The molecule has 1 unspecified atom stereocenters. The molecule has 1 atom stereocenters. The molecule has 0 spiro atoms. The van der Waals surface area contributed by atoms with Gasteiger partial charge < -0.3 is 24.7 Å². The number of ether oxygens (including phenoxy) is 2. The van der Waals surface area contributed by atoms with Gasteiger partial charge in [0.15, 0.2) is 6.29 Å². The molecule has 196 valence electrons. The largest absolute Gasteiger partial charge is 0.493 e. The van der Waals surface area contributed by atoms with Crippen molar-refractivity contribution in [1.29, 1.82) is 0 Å². The summed E-state index contributed by atoms with van der Waals surface area (Å²) in [5.74, 6) is 1.77. The van der Waals surface area contributed by atoms with Gasteiger partial charge in [0.1, 0.15) is 11.5 Å². The molecule has 0 bridgehead atoms. The lowest BCUT2D eigenvalue weighted by Crippen LogP contribution is -2.16. The van der Waals surface area contributed by atoms with Crippen LogP contribution in [0.4, 0.5) is 0 Å². The Kier molecular flexibility index (Phi) is 17.3. The predicted molar refractivity (Wildman–Crippen MR) is 149 cm³/mol. The lowest BCUT2D eigenvalue weighted by Gasteiger charge is -2.17. The van der Waals surface area contributed by atoms with Crippen LogP contribution in [-0.2, 0) is 12.8 Å². The second-order valence-corrected chi connectivity index (χ2v) is 8.81. The SMILES string of the molecule is C=NC.CC=C(C)C.CCc1ccc(OC(C)CCOc2ccc(CCC(O)O)c(C)c2)c(C)c1. The van der Waals surface area contributed by atoms with E-state index in [-0.39, 0.29) is 6.10 Å². The van der Waals surface area contributed by atoms with E-state index in [1.807, 2.05) is 32.0 Å². The summed E-state index contributed by atoms with van der Waals surface area (Å²) in [6.07, 6.45) is 3.71. The first-order chi connectivity index (χ1) is 16.6. The van der Waals surface area contributed by atoms with Crippen LogP contribution in [0.5, 0.6) is 11.5 Å². The molecule has 2 rings (SSSR count). The smallest absolute Gasteiger partial charge is 0.151 e. The van der Waals surface area contributed by atoms with E-state index in [9.17, 15) is 0 Å². The normalized spacial score (nSPS) is 10.8. The summed E-state index contributed by atoms with van der Waals surface area (Å²) < 4.78 is 11.9. The van der Waals surface area contributed by atoms with E-state index in [0.717, 1.165) is 35.5 Å². The van der Waals surface area contributed by atoms with Crippen molar-refractivity contribution in [2.75, 3.05) is 13.7 Å². The van der Waals surface area contributed by atoms with E-state index in [1.54, 1.807) is 7.05 Å². The highest BCUT2D eigenvalue weighted by Crippen LogP contribution is 2.22. The monoisotopic (exact) mass is 485 g/mol. The van der Waals surface area contributed by atoms with Gasteiger partial charge in [-0.3, -0.25) is 0 Å². The number of aryl methyl sites for hydroxylation is 4. The van der Waals surface area contributed by atoms with Crippen molar-refractivity contribution >= 4 is 6.72 Å². The number of nitrogens with zero attached hydrogens (tertiary/aromatic N) is 1. The number of rotatable bonds is 10. The lowest BCUT2D eigenvalue weighted by molar-refractivity contribution is -0.0447. The van der Waals surface area contributed by atoms with Crippen molar-refractivity contribution in [3.8, 4) is 11.5 Å². The average Bonchev–Trinajstić information content (AvgIpc) is 2.80. The van der Waals surface area contributed by atoms with Gasteiger partial charge in [-0.15, -0.1) is 0 Å². The van der Waals surface area contributed by atoms with Crippen molar-refractivity contribution in [3.05, 3.63) is 70.3 Å². The van der Waals surface area contributed by atoms with E-state index in [4.69, 9.17) is 19.7 Å². The molecule has 2 aromatic rings. The number of hydrogen-bond donors (Lipinski definition) is 2. The summed E-state index contributed by atoms with van der Waals surface area (Å²) in [5, 5.41) is 18.0. The zero-order chi connectivity index (χ0) is 26.8. The van der Waals surface area contributed by atoms with Gasteiger partial charge in [-0.1, -0.05) is 36.8 Å². The Morgan fingerprint density at radius 3 is 2.17 bits per heavy atom. The van der Waals surface area contributed by atoms with Crippen molar-refractivity contribution in [1.82, 2.24) is 0 Å². The topological polar surface area (TPSA) is 71.3 Å². The van der Waals surface area contributed by atoms with Crippen LogP contribution in [0, 0.1) is 13.8 Å². The minimum Gasteiger partial charge on any atom is -0.493 e. The Hall–Kier alpha value is -2.63. The van der Waals surface area contributed by atoms with Gasteiger partial charge in [0.05, 0.1) is 12.7 Å². The molecule has 5 nitrogen and oxygen atoms in total. The first kappa shape index (κ1) is 32.4. The minimum absolute atomic E-state index is 0.0718. The fourth-order valence-electron chi connectivity index (χ4n) is 3.01. The number of aliphatic hydroxyl groups is 2.